The second kappa shape index (κ2) is 4.98. The molecule has 1 aromatic carbocycles. The molecule has 1 aromatic rings. The Balaban J connectivity index is 2.14. The van der Waals surface area contributed by atoms with Gasteiger partial charge in [-0.15, -0.1) is 0 Å². The van der Waals surface area contributed by atoms with E-state index in [-0.39, 0.29) is 0 Å². The number of aryl methyl sites for hydroxylation is 3. The van der Waals surface area contributed by atoms with Gasteiger partial charge in [0.1, 0.15) is 0 Å². The summed E-state index contributed by atoms with van der Waals surface area (Å²) in [5, 5.41) is 3.51. The Bertz CT molecular complexity index is 344. The van der Waals surface area contributed by atoms with E-state index < -0.39 is 0 Å². The van der Waals surface area contributed by atoms with Gasteiger partial charge in [0, 0.05) is 12.6 Å². The smallest absolute Gasteiger partial charge is 0.0623 e. The molecule has 1 saturated heterocycles. The molecule has 16 heavy (non-hydrogen) atoms. The van der Waals surface area contributed by atoms with Crippen molar-refractivity contribution in [1.29, 1.82) is 0 Å². The lowest BCUT2D eigenvalue weighted by molar-refractivity contribution is 0.0769. The summed E-state index contributed by atoms with van der Waals surface area (Å²) in [5.74, 6) is 0. The Morgan fingerprint density at radius 3 is 2.50 bits per heavy atom. The monoisotopic (exact) mass is 219 g/mol. The summed E-state index contributed by atoms with van der Waals surface area (Å²) in [6.45, 7) is 9.24. The third-order valence-electron chi connectivity index (χ3n) is 3.29. The summed E-state index contributed by atoms with van der Waals surface area (Å²) in [6.07, 6.45) is 1.08. The average Bonchev–Trinajstić information content (AvgIpc) is 2.25. The average molecular weight is 219 g/mol. The normalized spacial score (nSPS) is 21.1. The van der Waals surface area contributed by atoms with Gasteiger partial charge in [0.05, 0.1) is 13.2 Å². The maximum absolute atomic E-state index is 5.50. The van der Waals surface area contributed by atoms with E-state index in [2.05, 4.69) is 38.2 Å². The number of hydrogen-bond acceptors (Lipinski definition) is 2. The maximum Gasteiger partial charge on any atom is 0.0623 e. The number of morpholine rings is 1. The Kier molecular flexibility index (Phi) is 3.62. The number of ether oxygens (including phenoxy) is 1. The summed E-state index contributed by atoms with van der Waals surface area (Å²) >= 11 is 0. The van der Waals surface area contributed by atoms with E-state index in [0.29, 0.717) is 6.04 Å². The molecule has 0 radical (unpaired) electrons. The molecule has 1 heterocycles. The van der Waals surface area contributed by atoms with Crippen LogP contribution in [-0.2, 0) is 11.2 Å². The predicted molar refractivity (Wildman–Crippen MR) is 67.0 cm³/mol. The van der Waals surface area contributed by atoms with Crippen LogP contribution in [0.15, 0.2) is 12.1 Å². The van der Waals surface area contributed by atoms with E-state index in [1.165, 1.54) is 22.3 Å². The zero-order valence-electron chi connectivity index (χ0n) is 10.5. The number of nitrogens with one attached hydrogen (secondary N) is 1. The maximum atomic E-state index is 5.50. The molecule has 0 amide bonds. The van der Waals surface area contributed by atoms with E-state index in [9.17, 15) is 0 Å². The third-order valence-corrected chi connectivity index (χ3v) is 3.29. The van der Waals surface area contributed by atoms with E-state index in [1.807, 2.05) is 0 Å². The van der Waals surface area contributed by atoms with E-state index in [0.717, 1.165) is 26.2 Å². The molecule has 1 fully saturated rings. The highest BCUT2D eigenvalue weighted by Crippen LogP contribution is 2.18. The fourth-order valence-electron chi connectivity index (χ4n) is 2.53. The first kappa shape index (κ1) is 11.6. The first-order chi connectivity index (χ1) is 7.66. The van der Waals surface area contributed by atoms with Crippen LogP contribution in [0.3, 0.4) is 0 Å². The second-order valence-electron chi connectivity index (χ2n) is 4.81. The van der Waals surface area contributed by atoms with Crippen LogP contribution < -0.4 is 5.32 Å². The van der Waals surface area contributed by atoms with Crippen molar-refractivity contribution in [2.75, 3.05) is 19.8 Å². The predicted octanol–water partition coefficient (Wildman–Crippen LogP) is 2.14. The van der Waals surface area contributed by atoms with Gasteiger partial charge in [-0.1, -0.05) is 17.7 Å². The molecule has 0 spiro atoms. The molecule has 0 aliphatic carbocycles. The molecule has 1 aliphatic heterocycles. The zero-order chi connectivity index (χ0) is 11.5. The molecule has 2 rings (SSSR count). The van der Waals surface area contributed by atoms with Gasteiger partial charge in [-0.05, 0) is 43.9 Å². The van der Waals surface area contributed by atoms with Crippen LogP contribution in [0.4, 0.5) is 0 Å². The van der Waals surface area contributed by atoms with Crippen LogP contribution in [0.25, 0.3) is 0 Å². The Labute approximate surface area is 98.0 Å². The van der Waals surface area contributed by atoms with Crippen molar-refractivity contribution >= 4 is 0 Å². The highest BCUT2D eigenvalue weighted by atomic mass is 16.5. The molecule has 0 saturated carbocycles. The van der Waals surface area contributed by atoms with Crippen LogP contribution in [0.1, 0.15) is 22.3 Å². The molecule has 88 valence electrons. The van der Waals surface area contributed by atoms with Crippen molar-refractivity contribution in [1.82, 2.24) is 5.32 Å². The van der Waals surface area contributed by atoms with Gasteiger partial charge < -0.3 is 10.1 Å². The molecule has 2 heteroatoms. The minimum absolute atomic E-state index is 0.480. The first-order valence-electron chi connectivity index (χ1n) is 6.04. The Hall–Kier alpha value is -0.860. The van der Waals surface area contributed by atoms with Gasteiger partial charge in [0.2, 0.25) is 0 Å². The topological polar surface area (TPSA) is 21.3 Å². The Morgan fingerprint density at radius 2 is 1.94 bits per heavy atom. The summed E-state index contributed by atoms with van der Waals surface area (Å²) < 4.78 is 5.50. The molecule has 0 bridgehead atoms. The summed E-state index contributed by atoms with van der Waals surface area (Å²) in [4.78, 5) is 0. The van der Waals surface area contributed by atoms with Gasteiger partial charge >= 0.3 is 0 Å². The van der Waals surface area contributed by atoms with Gasteiger partial charge in [0.15, 0.2) is 0 Å². The number of benzene rings is 1. The second-order valence-corrected chi connectivity index (χ2v) is 4.81. The first-order valence-corrected chi connectivity index (χ1v) is 6.04. The van der Waals surface area contributed by atoms with Gasteiger partial charge in [-0.3, -0.25) is 0 Å². The fraction of sp³-hybridized carbons (Fsp3) is 0.571. The number of rotatable bonds is 2. The molecule has 1 N–H and O–H groups in total. The van der Waals surface area contributed by atoms with Crippen molar-refractivity contribution in [3.8, 4) is 0 Å². The highest BCUT2D eigenvalue weighted by Gasteiger charge is 2.15. The van der Waals surface area contributed by atoms with Crippen LogP contribution in [0.5, 0.6) is 0 Å². The van der Waals surface area contributed by atoms with Crippen molar-refractivity contribution in [3.63, 3.8) is 0 Å². The summed E-state index contributed by atoms with van der Waals surface area (Å²) in [6, 6.07) is 5.02. The van der Waals surface area contributed by atoms with Gasteiger partial charge in [-0.25, -0.2) is 0 Å². The zero-order valence-corrected chi connectivity index (χ0v) is 10.5. The quantitative estimate of drug-likeness (QED) is 0.823. The van der Waals surface area contributed by atoms with Crippen LogP contribution >= 0.6 is 0 Å². The van der Waals surface area contributed by atoms with E-state index >= 15 is 0 Å². The van der Waals surface area contributed by atoms with E-state index in [4.69, 9.17) is 4.74 Å². The van der Waals surface area contributed by atoms with Crippen LogP contribution in [0, 0.1) is 20.8 Å². The molecule has 1 aliphatic rings. The van der Waals surface area contributed by atoms with Crippen molar-refractivity contribution in [3.05, 3.63) is 34.4 Å². The number of hydrogen-bond donors (Lipinski definition) is 1. The lowest BCUT2D eigenvalue weighted by Gasteiger charge is -2.25. The molecular formula is C14H21NO. The molecule has 1 atom stereocenters. The lowest BCUT2D eigenvalue weighted by atomic mass is 9.94. The fourth-order valence-corrected chi connectivity index (χ4v) is 2.53. The molecule has 1 unspecified atom stereocenters. The van der Waals surface area contributed by atoms with Gasteiger partial charge in [-0.2, -0.15) is 0 Å². The lowest BCUT2D eigenvalue weighted by Crippen LogP contribution is -2.42. The summed E-state index contributed by atoms with van der Waals surface area (Å²) in [5.41, 5.74) is 5.65. The minimum Gasteiger partial charge on any atom is -0.379 e. The SMILES string of the molecule is Cc1cc(C)c(CC2COCCN2)c(C)c1. The molecule has 2 nitrogen and oxygen atoms in total. The van der Waals surface area contributed by atoms with Crippen molar-refractivity contribution in [2.24, 2.45) is 0 Å². The van der Waals surface area contributed by atoms with Crippen LogP contribution in [0.2, 0.25) is 0 Å². The largest absolute Gasteiger partial charge is 0.379 e. The van der Waals surface area contributed by atoms with Gasteiger partial charge in [0.25, 0.3) is 0 Å². The molecule has 0 aromatic heterocycles. The van der Waals surface area contributed by atoms with E-state index in [1.54, 1.807) is 0 Å². The summed E-state index contributed by atoms with van der Waals surface area (Å²) in [7, 11) is 0. The van der Waals surface area contributed by atoms with Crippen LogP contribution in [-0.4, -0.2) is 25.8 Å². The standard InChI is InChI=1S/C14H21NO/c1-10-6-11(2)14(12(3)7-10)8-13-9-16-5-4-15-13/h6-7,13,15H,4-5,8-9H2,1-3H3. The van der Waals surface area contributed by atoms with Crippen molar-refractivity contribution in [2.45, 2.75) is 33.2 Å². The minimum atomic E-state index is 0.480. The molecular weight excluding hydrogens is 198 g/mol. The third kappa shape index (κ3) is 2.63. The Morgan fingerprint density at radius 1 is 1.25 bits per heavy atom. The van der Waals surface area contributed by atoms with Crippen molar-refractivity contribution < 1.29 is 4.74 Å². The highest BCUT2D eigenvalue weighted by molar-refractivity contribution is 5.38.